The standard InChI is InChI=1S/C31H38N4O2/c1-3-5-11-17-35(18-12-6-4-2)31(37)29(20-25-22-32-27-16-10-9-15-26(25)27)34-30(36)28-19-23-13-7-8-14-24(23)21-33-28/h7-10,13-16,19,21-22,29,32H,3-6,11-12,17-18,20H2,1-2H3,(H,34,36)/t29-/m1/s1. The lowest BCUT2D eigenvalue weighted by Gasteiger charge is -2.28. The number of nitrogens with one attached hydrogen (secondary N) is 2. The number of hydrogen-bond acceptors (Lipinski definition) is 3. The molecule has 0 bridgehead atoms. The van der Waals surface area contributed by atoms with E-state index in [0.717, 1.165) is 65.8 Å². The minimum Gasteiger partial charge on any atom is -0.361 e. The molecule has 2 heterocycles. The number of fused-ring (bicyclic) bond motifs is 2. The van der Waals surface area contributed by atoms with Crippen LogP contribution in [0.25, 0.3) is 21.7 Å². The van der Waals surface area contributed by atoms with Crippen molar-refractivity contribution in [1.29, 1.82) is 0 Å². The number of para-hydroxylation sites is 1. The molecular weight excluding hydrogens is 460 g/mol. The lowest BCUT2D eigenvalue weighted by atomic mass is 10.0. The fraction of sp³-hybridized carbons (Fsp3) is 0.387. The minimum absolute atomic E-state index is 0.0216. The molecule has 0 saturated heterocycles. The molecule has 0 unspecified atom stereocenters. The first-order chi connectivity index (χ1) is 18.1. The van der Waals surface area contributed by atoms with Crippen molar-refractivity contribution in [1.82, 2.24) is 20.2 Å². The number of rotatable bonds is 13. The maximum atomic E-state index is 14.0. The number of amides is 2. The van der Waals surface area contributed by atoms with Crippen LogP contribution in [0, 0.1) is 0 Å². The summed E-state index contributed by atoms with van der Waals surface area (Å²) in [6.07, 6.45) is 10.4. The second-order valence-corrected chi connectivity index (χ2v) is 9.75. The van der Waals surface area contributed by atoms with E-state index in [-0.39, 0.29) is 11.8 Å². The number of unbranched alkanes of at least 4 members (excludes halogenated alkanes) is 4. The van der Waals surface area contributed by atoms with Crippen molar-refractivity contribution in [2.75, 3.05) is 13.1 Å². The van der Waals surface area contributed by atoms with E-state index in [1.165, 1.54) is 0 Å². The zero-order valence-corrected chi connectivity index (χ0v) is 22.0. The van der Waals surface area contributed by atoms with Crippen molar-refractivity contribution < 1.29 is 9.59 Å². The van der Waals surface area contributed by atoms with Gasteiger partial charge in [0.05, 0.1) is 0 Å². The van der Waals surface area contributed by atoms with Crippen molar-refractivity contribution in [3.8, 4) is 0 Å². The number of nitrogens with zero attached hydrogens (tertiary/aromatic N) is 2. The number of hydrogen-bond donors (Lipinski definition) is 2. The molecule has 6 heteroatoms. The first kappa shape index (κ1) is 26.4. The summed E-state index contributed by atoms with van der Waals surface area (Å²) in [6, 6.07) is 17.0. The molecular formula is C31H38N4O2. The Labute approximate surface area is 219 Å². The van der Waals surface area contributed by atoms with Gasteiger partial charge in [-0.15, -0.1) is 0 Å². The van der Waals surface area contributed by atoms with Crippen LogP contribution in [0.5, 0.6) is 0 Å². The summed E-state index contributed by atoms with van der Waals surface area (Å²) in [6.45, 7) is 5.76. The fourth-order valence-corrected chi connectivity index (χ4v) is 4.82. The van der Waals surface area contributed by atoms with Gasteiger partial charge >= 0.3 is 0 Å². The van der Waals surface area contributed by atoms with Gasteiger partial charge in [-0.1, -0.05) is 82.0 Å². The molecule has 2 N–H and O–H groups in total. The molecule has 37 heavy (non-hydrogen) atoms. The van der Waals surface area contributed by atoms with Gasteiger partial charge in [0.25, 0.3) is 5.91 Å². The molecule has 0 fully saturated rings. The molecule has 1 atom stereocenters. The van der Waals surface area contributed by atoms with Gasteiger partial charge in [0, 0.05) is 48.2 Å². The van der Waals surface area contributed by atoms with E-state index in [4.69, 9.17) is 0 Å². The van der Waals surface area contributed by atoms with E-state index in [9.17, 15) is 9.59 Å². The summed E-state index contributed by atoms with van der Waals surface area (Å²) < 4.78 is 0. The molecule has 0 aliphatic heterocycles. The molecule has 194 valence electrons. The van der Waals surface area contributed by atoms with E-state index in [1.807, 2.05) is 53.6 Å². The second-order valence-electron chi connectivity index (χ2n) is 9.75. The van der Waals surface area contributed by atoms with E-state index in [2.05, 4.69) is 35.2 Å². The zero-order chi connectivity index (χ0) is 26.0. The highest BCUT2D eigenvalue weighted by Gasteiger charge is 2.27. The highest BCUT2D eigenvalue weighted by atomic mass is 16.2. The number of H-pyrrole nitrogens is 1. The quantitative estimate of drug-likeness (QED) is 0.213. The van der Waals surface area contributed by atoms with Crippen LogP contribution in [0.4, 0.5) is 0 Å². The maximum absolute atomic E-state index is 14.0. The van der Waals surface area contributed by atoms with Crippen molar-refractivity contribution in [2.24, 2.45) is 0 Å². The summed E-state index contributed by atoms with van der Waals surface area (Å²) in [7, 11) is 0. The summed E-state index contributed by atoms with van der Waals surface area (Å²) in [5.41, 5.74) is 2.36. The molecule has 4 rings (SSSR count). The van der Waals surface area contributed by atoms with E-state index in [1.54, 1.807) is 12.3 Å². The van der Waals surface area contributed by atoms with Gasteiger partial charge in [-0.05, 0) is 35.9 Å². The Morgan fingerprint density at radius 2 is 1.59 bits per heavy atom. The summed E-state index contributed by atoms with van der Waals surface area (Å²) in [5, 5.41) is 6.05. The van der Waals surface area contributed by atoms with E-state index in [0.29, 0.717) is 25.2 Å². The average Bonchev–Trinajstić information content (AvgIpc) is 3.34. The smallest absolute Gasteiger partial charge is 0.270 e. The molecule has 0 spiro atoms. The maximum Gasteiger partial charge on any atom is 0.270 e. The fourth-order valence-electron chi connectivity index (χ4n) is 4.82. The second kappa shape index (κ2) is 13.0. The topological polar surface area (TPSA) is 78.1 Å². The van der Waals surface area contributed by atoms with Gasteiger partial charge in [0.1, 0.15) is 11.7 Å². The Morgan fingerprint density at radius 1 is 0.919 bits per heavy atom. The first-order valence-electron chi connectivity index (χ1n) is 13.6. The number of aromatic amines is 1. The monoisotopic (exact) mass is 498 g/mol. The van der Waals surface area contributed by atoms with Crippen molar-refractivity contribution >= 4 is 33.5 Å². The molecule has 0 aliphatic rings. The van der Waals surface area contributed by atoms with Gasteiger partial charge in [-0.2, -0.15) is 0 Å². The lowest BCUT2D eigenvalue weighted by Crippen LogP contribution is -2.50. The molecule has 0 radical (unpaired) electrons. The van der Waals surface area contributed by atoms with E-state index < -0.39 is 6.04 Å². The largest absolute Gasteiger partial charge is 0.361 e. The number of benzene rings is 2. The van der Waals surface area contributed by atoms with E-state index >= 15 is 0 Å². The van der Waals surface area contributed by atoms with Crippen LogP contribution in [-0.4, -0.2) is 45.8 Å². The summed E-state index contributed by atoms with van der Waals surface area (Å²) in [4.78, 5) is 37.0. The highest BCUT2D eigenvalue weighted by Crippen LogP contribution is 2.21. The average molecular weight is 499 g/mol. The summed E-state index contributed by atoms with van der Waals surface area (Å²) in [5.74, 6) is -0.349. The third-order valence-corrected chi connectivity index (χ3v) is 6.94. The molecule has 0 aliphatic carbocycles. The van der Waals surface area contributed by atoms with Crippen molar-refractivity contribution in [3.05, 3.63) is 78.2 Å². The molecule has 2 amide bonds. The van der Waals surface area contributed by atoms with Crippen LogP contribution in [0.3, 0.4) is 0 Å². The van der Waals surface area contributed by atoms with Crippen LogP contribution >= 0.6 is 0 Å². The van der Waals surface area contributed by atoms with Gasteiger partial charge in [0.15, 0.2) is 0 Å². The minimum atomic E-state index is -0.678. The Balaban J connectivity index is 1.60. The Bertz CT molecular complexity index is 1320. The highest BCUT2D eigenvalue weighted by molar-refractivity contribution is 5.99. The van der Waals surface area contributed by atoms with Crippen LogP contribution in [0.2, 0.25) is 0 Å². The third-order valence-electron chi connectivity index (χ3n) is 6.94. The predicted molar refractivity (Wildman–Crippen MR) is 151 cm³/mol. The molecule has 2 aromatic heterocycles. The SMILES string of the molecule is CCCCCN(CCCCC)C(=O)[C@@H](Cc1c[nH]c2ccccc12)NC(=O)c1cc2ccccc2cn1. The van der Waals surface area contributed by atoms with Crippen LogP contribution in [-0.2, 0) is 11.2 Å². The van der Waals surface area contributed by atoms with Crippen molar-refractivity contribution in [3.63, 3.8) is 0 Å². The van der Waals surface area contributed by atoms with Gasteiger partial charge in [-0.25, -0.2) is 0 Å². The third kappa shape index (κ3) is 6.76. The van der Waals surface area contributed by atoms with Gasteiger partial charge in [0.2, 0.25) is 5.91 Å². The summed E-state index contributed by atoms with van der Waals surface area (Å²) >= 11 is 0. The molecule has 6 nitrogen and oxygen atoms in total. The van der Waals surface area contributed by atoms with Gasteiger partial charge in [-0.3, -0.25) is 14.6 Å². The zero-order valence-electron chi connectivity index (χ0n) is 22.0. The molecule has 4 aromatic rings. The van der Waals surface area contributed by atoms with Gasteiger partial charge < -0.3 is 15.2 Å². The molecule has 2 aromatic carbocycles. The first-order valence-corrected chi connectivity index (χ1v) is 13.6. The molecule has 0 saturated carbocycles. The Morgan fingerprint density at radius 3 is 2.32 bits per heavy atom. The number of aromatic nitrogens is 2. The number of carbonyl (C=O) groups excluding carboxylic acids is 2. The normalized spacial score (nSPS) is 12.1. The Kier molecular flexibility index (Phi) is 9.30. The predicted octanol–water partition coefficient (Wildman–Crippen LogP) is 6.27. The number of pyridine rings is 1. The van der Waals surface area contributed by atoms with Crippen LogP contribution in [0.15, 0.2) is 67.0 Å². The van der Waals surface area contributed by atoms with Crippen molar-refractivity contribution in [2.45, 2.75) is 64.8 Å². The van der Waals surface area contributed by atoms with Crippen LogP contribution < -0.4 is 5.32 Å². The Hall–Kier alpha value is -3.67. The lowest BCUT2D eigenvalue weighted by molar-refractivity contribution is -0.133. The van der Waals surface area contributed by atoms with Crippen LogP contribution in [0.1, 0.15) is 68.4 Å². The number of carbonyl (C=O) groups is 2.